The molecule has 1 unspecified atom stereocenters. The molecule has 8 heavy (non-hydrogen) atoms. The van der Waals surface area contributed by atoms with Gasteiger partial charge >= 0.3 is 5.24 Å². The summed E-state index contributed by atoms with van der Waals surface area (Å²) in [7, 11) is 3.15. The average Bonchev–Trinajstić information content (AvgIpc) is 1.64. The van der Waals surface area contributed by atoms with Crippen LogP contribution in [0.3, 0.4) is 0 Å². The Kier molecular flexibility index (Phi) is 2.86. The topological polar surface area (TPSA) is 43.4 Å². The summed E-state index contributed by atoms with van der Waals surface area (Å²) >= 11 is -1.35. The molecule has 3 nitrogen and oxygen atoms in total. The number of hydrogen-bond acceptors (Lipinski definition) is 2. The van der Waals surface area contributed by atoms with Crippen molar-refractivity contribution in [3.05, 3.63) is 0 Å². The zero-order valence-electron chi connectivity index (χ0n) is 5.17. The monoisotopic (exact) mass is 135 g/mol. The Balaban J connectivity index is 3.65. The van der Waals surface area contributed by atoms with Crippen LogP contribution < -0.4 is 0 Å². The molecule has 0 radical (unpaired) electrons. The highest BCUT2D eigenvalue weighted by molar-refractivity contribution is 8.05. The van der Waals surface area contributed by atoms with Gasteiger partial charge in [0, 0.05) is 25.3 Å². The van der Waals surface area contributed by atoms with Gasteiger partial charge in [-0.2, -0.15) is 0 Å². The lowest BCUT2D eigenvalue weighted by atomic mass is 11.0. The molecule has 0 aliphatic rings. The van der Waals surface area contributed by atoms with Gasteiger partial charge in [-0.15, -0.1) is 0 Å². The zero-order valence-corrected chi connectivity index (χ0v) is 5.99. The molecule has 4 heteroatoms. The quantitative estimate of drug-likeness (QED) is 0.440. The van der Waals surface area contributed by atoms with Gasteiger partial charge in [-0.1, -0.05) is 0 Å². The molecular weight excluding hydrogens is 126 g/mol. The summed E-state index contributed by atoms with van der Waals surface area (Å²) in [4.78, 5) is 11.8. The fourth-order valence-corrected chi connectivity index (χ4v) is 0.771. The van der Waals surface area contributed by atoms with Crippen molar-refractivity contribution < 1.29 is 9.35 Å². The first-order valence-corrected chi connectivity index (χ1v) is 3.66. The summed E-state index contributed by atoms with van der Waals surface area (Å²) in [5.74, 6) is 0. The van der Waals surface area contributed by atoms with Gasteiger partial charge in [-0.25, -0.2) is 4.79 Å². The summed E-state index contributed by atoms with van der Waals surface area (Å²) in [6.07, 6.45) is 1.36. The molecule has 0 aliphatic heterocycles. The van der Waals surface area contributed by atoms with E-state index < -0.39 is 11.2 Å². The summed E-state index contributed by atoms with van der Waals surface area (Å²) < 4.78 is 10.3. The number of carbonyl (C=O) groups excluding carboxylic acids is 1. The number of rotatable bonds is 0. The molecule has 0 aliphatic carbocycles. The van der Waals surface area contributed by atoms with E-state index in [-0.39, 0.29) is 5.24 Å². The highest BCUT2D eigenvalue weighted by Gasteiger charge is 2.13. The Morgan fingerprint density at radius 2 is 2.00 bits per heavy atom. The predicted octanol–water partition coefficient (Wildman–Crippen LogP) is 0.0465. The molecule has 1 atom stereocenters. The molecule has 0 aromatic rings. The van der Waals surface area contributed by atoms with Crippen LogP contribution in [0.5, 0.6) is 0 Å². The van der Waals surface area contributed by atoms with Gasteiger partial charge in [-0.05, 0) is 0 Å². The molecule has 0 saturated heterocycles. The second-order valence-electron chi connectivity index (χ2n) is 1.61. The van der Waals surface area contributed by atoms with Crippen molar-refractivity contribution in [2.24, 2.45) is 0 Å². The van der Waals surface area contributed by atoms with Gasteiger partial charge in [0.2, 0.25) is 0 Å². The third kappa shape index (κ3) is 2.18. The molecule has 0 aromatic carbocycles. The van der Waals surface area contributed by atoms with Crippen LogP contribution in [0.25, 0.3) is 0 Å². The molecule has 0 rings (SSSR count). The summed E-state index contributed by atoms with van der Waals surface area (Å²) in [5.41, 5.74) is 0. The molecule has 48 valence electrons. The van der Waals surface area contributed by atoms with Crippen molar-refractivity contribution in [2.75, 3.05) is 20.4 Å². The van der Waals surface area contributed by atoms with Crippen LogP contribution in [0, 0.1) is 0 Å². The fraction of sp³-hybridized carbons (Fsp3) is 0.750. The van der Waals surface area contributed by atoms with Crippen molar-refractivity contribution in [1.29, 1.82) is 0 Å². The predicted molar refractivity (Wildman–Crippen MR) is 33.1 cm³/mol. The van der Waals surface area contributed by atoms with Gasteiger partial charge < -0.3 is 9.45 Å². The Bertz CT molecular complexity index is 82.0. The lowest BCUT2D eigenvalue weighted by Crippen LogP contribution is -2.27. The van der Waals surface area contributed by atoms with Crippen LogP contribution in [-0.2, 0) is 11.2 Å². The van der Waals surface area contributed by atoms with E-state index in [1.54, 1.807) is 14.1 Å². The van der Waals surface area contributed by atoms with Crippen LogP contribution in [0.1, 0.15) is 0 Å². The lowest BCUT2D eigenvalue weighted by Gasteiger charge is -2.08. The van der Waals surface area contributed by atoms with Crippen LogP contribution >= 0.6 is 0 Å². The second kappa shape index (κ2) is 2.94. The molecular formula is C4H9NO2S. The molecule has 0 N–H and O–H groups in total. The number of amides is 1. The smallest absolute Gasteiger partial charge is 0.428 e. The van der Waals surface area contributed by atoms with E-state index >= 15 is 0 Å². The Morgan fingerprint density at radius 3 is 2.00 bits per heavy atom. The van der Waals surface area contributed by atoms with Crippen molar-refractivity contribution >= 4 is 16.4 Å². The summed E-state index contributed by atoms with van der Waals surface area (Å²) in [6.45, 7) is 0. The van der Waals surface area contributed by atoms with Crippen LogP contribution in [0.4, 0.5) is 4.79 Å². The van der Waals surface area contributed by atoms with Crippen LogP contribution in [0.2, 0.25) is 0 Å². The maximum absolute atomic E-state index is 10.5. The van der Waals surface area contributed by atoms with E-state index in [1.165, 1.54) is 11.2 Å². The minimum absolute atomic E-state index is 0.343. The molecule has 1 amide bonds. The standard InChI is InChI=1S/C4H9NO2S/c1-5(2)4(6)8(3)7/h1-3H3. The molecule has 0 aromatic heterocycles. The lowest BCUT2D eigenvalue weighted by molar-refractivity contribution is 0.239. The number of carbonyl (C=O) groups is 1. The minimum atomic E-state index is -1.35. The SMILES string of the molecule is CN(C)C(=O)[S+](C)[O-]. The van der Waals surface area contributed by atoms with Gasteiger partial charge in [0.15, 0.2) is 0 Å². The van der Waals surface area contributed by atoms with Crippen molar-refractivity contribution in [1.82, 2.24) is 4.90 Å². The van der Waals surface area contributed by atoms with Crippen molar-refractivity contribution in [3.63, 3.8) is 0 Å². The van der Waals surface area contributed by atoms with Gasteiger partial charge in [0.05, 0.1) is 0 Å². The first-order valence-electron chi connectivity index (χ1n) is 2.10. The molecule has 0 spiro atoms. The van der Waals surface area contributed by atoms with Gasteiger partial charge in [0.1, 0.15) is 6.26 Å². The third-order valence-corrected chi connectivity index (χ3v) is 1.47. The summed E-state index contributed by atoms with van der Waals surface area (Å²) in [6, 6.07) is 0. The number of nitrogens with zero attached hydrogens (tertiary/aromatic N) is 1. The van der Waals surface area contributed by atoms with E-state index in [9.17, 15) is 9.35 Å². The summed E-state index contributed by atoms with van der Waals surface area (Å²) in [5, 5.41) is -0.343. The maximum Gasteiger partial charge on any atom is 0.428 e. The van der Waals surface area contributed by atoms with Crippen LogP contribution in [-0.4, -0.2) is 35.0 Å². The normalized spacial score (nSPS) is 13.0. The van der Waals surface area contributed by atoms with E-state index in [1.807, 2.05) is 0 Å². The molecule has 0 bridgehead atoms. The maximum atomic E-state index is 10.5. The fourth-order valence-electron chi connectivity index (χ4n) is 0.257. The highest BCUT2D eigenvalue weighted by atomic mass is 32.2. The second-order valence-corrected chi connectivity index (χ2v) is 2.87. The first kappa shape index (κ1) is 7.78. The Hall–Kier alpha value is -0.220. The number of hydrogen-bond donors (Lipinski definition) is 0. The largest absolute Gasteiger partial charge is 0.608 e. The van der Waals surface area contributed by atoms with Crippen molar-refractivity contribution in [3.8, 4) is 0 Å². The van der Waals surface area contributed by atoms with Crippen molar-refractivity contribution in [2.45, 2.75) is 0 Å². The minimum Gasteiger partial charge on any atom is -0.608 e. The molecule has 0 heterocycles. The zero-order chi connectivity index (χ0) is 6.73. The van der Waals surface area contributed by atoms with E-state index in [0.717, 1.165) is 0 Å². The van der Waals surface area contributed by atoms with Gasteiger partial charge in [0.25, 0.3) is 0 Å². The van der Waals surface area contributed by atoms with Gasteiger partial charge in [-0.3, -0.25) is 0 Å². The third-order valence-electron chi connectivity index (χ3n) is 0.611. The van der Waals surface area contributed by atoms with E-state index in [2.05, 4.69) is 0 Å². The molecule has 0 fully saturated rings. The Morgan fingerprint density at radius 1 is 1.62 bits per heavy atom. The van der Waals surface area contributed by atoms with Crippen LogP contribution in [0.15, 0.2) is 0 Å². The first-order chi connectivity index (χ1) is 3.55. The van der Waals surface area contributed by atoms with E-state index in [0.29, 0.717) is 0 Å². The van der Waals surface area contributed by atoms with E-state index in [4.69, 9.17) is 0 Å². The molecule has 0 saturated carbocycles. The highest BCUT2D eigenvalue weighted by Crippen LogP contribution is 1.90. The average molecular weight is 135 g/mol. The Labute approximate surface area is 51.8 Å².